The summed E-state index contributed by atoms with van der Waals surface area (Å²) in [5.41, 5.74) is 5.37. The zero-order valence-corrected chi connectivity index (χ0v) is 11.4. The van der Waals surface area contributed by atoms with Crippen LogP contribution in [0.3, 0.4) is 0 Å². The van der Waals surface area contributed by atoms with Gasteiger partial charge in [0.05, 0.1) is 0 Å². The molecular weight excluding hydrogens is 230 g/mol. The maximum atomic E-state index is 11.7. The average molecular weight is 255 g/mol. The lowest BCUT2D eigenvalue weighted by Crippen LogP contribution is -2.40. The van der Waals surface area contributed by atoms with Crippen LogP contribution in [-0.2, 0) is 9.59 Å². The molecule has 0 rings (SSSR count). The number of amides is 2. The highest BCUT2D eigenvalue weighted by Gasteiger charge is 2.20. The van der Waals surface area contributed by atoms with Crippen molar-refractivity contribution in [2.75, 3.05) is 6.54 Å². The Balaban J connectivity index is 4.10. The molecular formula is C13H25N3O2. The van der Waals surface area contributed by atoms with Crippen LogP contribution in [-0.4, -0.2) is 31.1 Å². The molecule has 18 heavy (non-hydrogen) atoms. The van der Waals surface area contributed by atoms with E-state index in [1.807, 2.05) is 13.8 Å². The molecule has 0 aromatic carbocycles. The van der Waals surface area contributed by atoms with Gasteiger partial charge in [0.1, 0.15) is 6.04 Å². The smallest absolute Gasteiger partial charge is 0.267 e. The van der Waals surface area contributed by atoms with Crippen molar-refractivity contribution in [2.45, 2.75) is 52.0 Å². The van der Waals surface area contributed by atoms with Crippen LogP contribution in [0.25, 0.3) is 0 Å². The second-order valence-corrected chi connectivity index (χ2v) is 4.85. The second kappa shape index (κ2) is 9.76. The second-order valence-electron chi connectivity index (χ2n) is 4.85. The van der Waals surface area contributed by atoms with Gasteiger partial charge in [0.15, 0.2) is 0 Å². The molecule has 0 radical (unpaired) electrons. The number of carbonyl (C=O) groups is 2. The number of aliphatic imine (C=N–C) groups is 1. The minimum atomic E-state index is -0.537. The summed E-state index contributed by atoms with van der Waals surface area (Å²) in [5.74, 6) is -0.146. The number of rotatable bonds is 9. The number of nitrogens with one attached hydrogen (secondary N) is 1. The lowest BCUT2D eigenvalue weighted by Gasteiger charge is -2.17. The number of hydrogen-bond donors (Lipinski definition) is 2. The minimum absolute atomic E-state index is 0.102. The van der Waals surface area contributed by atoms with Crippen LogP contribution < -0.4 is 11.1 Å². The Morgan fingerprint density at radius 2 is 1.94 bits per heavy atom. The van der Waals surface area contributed by atoms with Crippen LogP contribution in [0.2, 0.25) is 0 Å². The molecule has 0 aromatic rings. The first kappa shape index (κ1) is 16.8. The quantitative estimate of drug-likeness (QED) is 0.480. The summed E-state index contributed by atoms with van der Waals surface area (Å²) in [4.78, 5) is 26.5. The topological polar surface area (TPSA) is 84.5 Å². The average Bonchev–Trinajstić information content (AvgIpc) is 2.32. The van der Waals surface area contributed by atoms with Crippen LogP contribution in [0.1, 0.15) is 46.0 Å². The highest BCUT2D eigenvalue weighted by atomic mass is 16.2. The first-order chi connectivity index (χ1) is 8.51. The fourth-order valence-corrected chi connectivity index (χ4v) is 1.68. The maximum Gasteiger partial charge on any atom is 0.267 e. The summed E-state index contributed by atoms with van der Waals surface area (Å²) in [7, 11) is 0. The fourth-order valence-electron chi connectivity index (χ4n) is 1.68. The fraction of sp³-hybridized carbons (Fsp3) is 0.769. The van der Waals surface area contributed by atoms with Gasteiger partial charge < -0.3 is 11.1 Å². The van der Waals surface area contributed by atoms with E-state index in [2.05, 4.69) is 17.0 Å². The van der Waals surface area contributed by atoms with Gasteiger partial charge in [-0.1, -0.05) is 20.3 Å². The third-order valence-corrected chi connectivity index (χ3v) is 2.60. The third-order valence-electron chi connectivity index (χ3n) is 2.60. The molecule has 0 aliphatic carbocycles. The maximum absolute atomic E-state index is 11.7. The summed E-state index contributed by atoms with van der Waals surface area (Å²) in [6.07, 6.45) is 3.68. The zero-order valence-electron chi connectivity index (χ0n) is 11.4. The molecule has 5 heteroatoms. The molecule has 0 saturated carbocycles. The van der Waals surface area contributed by atoms with E-state index >= 15 is 0 Å². The third kappa shape index (κ3) is 7.95. The van der Waals surface area contributed by atoms with Crippen molar-refractivity contribution in [3.8, 4) is 0 Å². The molecule has 1 atom stereocenters. The summed E-state index contributed by atoms with van der Waals surface area (Å²) in [5, 5.41) is 2.72. The molecule has 0 aromatic heterocycles. The van der Waals surface area contributed by atoms with Gasteiger partial charge in [-0.3, -0.25) is 9.59 Å². The summed E-state index contributed by atoms with van der Waals surface area (Å²) in [6, 6.07) is -0.537. The number of nitrogens with zero attached hydrogens (tertiary/aromatic N) is 1. The van der Waals surface area contributed by atoms with Crippen molar-refractivity contribution < 1.29 is 9.59 Å². The van der Waals surface area contributed by atoms with Crippen molar-refractivity contribution in [1.82, 2.24) is 5.32 Å². The van der Waals surface area contributed by atoms with Gasteiger partial charge in [0.25, 0.3) is 5.91 Å². The Labute approximate surface area is 109 Å². The lowest BCUT2D eigenvalue weighted by molar-refractivity contribution is -0.127. The molecule has 104 valence electrons. The predicted molar refractivity (Wildman–Crippen MR) is 73.5 cm³/mol. The SMILES string of the molecule is C=NC(=O)C(CC(C)C)NC(=O)CCCCCN. The first-order valence-corrected chi connectivity index (χ1v) is 6.51. The van der Waals surface area contributed by atoms with Gasteiger partial charge in [-0.05, 0) is 38.4 Å². The standard InChI is InChI=1S/C13H25N3O2/c1-10(2)9-11(13(18)15-3)16-12(17)7-5-4-6-8-14/h10-11H,3-9,14H2,1-2H3,(H,16,17). The van der Waals surface area contributed by atoms with E-state index in [0.29, 0.717) is 25.3 Å². The Bertz CT molecular complexity index is 277. The zero-order chi connectivity index (χ0) is 14.0. The highest BCUT2D eigenvalue weighted by Crippen LogP contribution is 2.07. The molecule has 0 fully saturated rings. The van der Waals surface area contributed by atoms with Crippen LogP contribution in [0.5, 0.6) is 0 Å². The normalized spacial score (nSPS) is 12.2. The van der Waals surface area contributed by atoms with E-state index in [4.69, 9.17) is 5.73 Å². The highest BCUT2D eigenvalue weighted by molar-refractivity contribution is 5.90. The molecule has 0 bridgehead atoms. The van der Waals surface area contributed by atoms with Gasteiger partial charge >= 0.3 is 0 Å². The number of hydrogen-bond acceptors (Lipinski definition) is 3. The van der Waals surface area contributed by atoms with Crippen LogP contribution in [0.15, 0.2) is 4.99 Å². The molecule has 0 heterocycles. The van der Waals surface area contributed by atoms with E-state index < -0.39 is 6.04 Å². The first-order valence-electron chi connectivity index (χ1n) is 6.51. The Morgan fingerprint density at radius 1 is 1.28 bits per heavy atom. The summed E-state index contributed by atoms with van der Waals surface area (Å²) < 4.78 is 0. The number of nitrogens with two attached hydrogens (primary N) is 1. The molecule has 0 spiro atoms. The monoisotopic (exact) mass is 255 g/mol. The van der Waals surface area contributed by atoms with Crippen molar-refractivity contribution in [3.63, 3.8) is 0 Å². The van der Waals surface area contributed by atoms with Gasteiger partial charge in [0.2, 0.25) is 5.91 Å². The van der Waals surface area contributed by atoms with Crippen molar-refractivity contribution in [1.29, 1.82) is 0 Å². The van der Waals surface area contributed by atoms with E-state index in [9.17, 15) is 9.59 Å². The molecule has 0 saturated heterocycles. The minimum Gasteiger partial charge on any atom is -0.344 e. The lowest BCUT2D eigenvalue weighted by atomic mass is 10.0. The Kier molecular flexibility index (Phi) is 9.10. The Morgan fingerprint density at radius 3 is 2.44 bits per heavy atom. The summed E-state index contributed by atoms with van der Waals surface area (Å²) in [6.45, 7) is 7.86. The molecule has 1 unspecified atom stereocenters. The van der Waals surface area contributed by atoms with Gasteiger partial charge in [-0.2, -0.15) is 0 Å². The van der Waals surface area contributed by atoms with Gasteiger partial charge in [-0.15, -0.1) is 0 Å². The van der Waals surface area contributed by atoms with E-state index in [1.165, 1.54) is 0 Å². The van der Waals surface area contributed by atoms with Gasteiger partial charge in [-0.25, -0.2) is 4.99 Å². The van der Waals surface area contributed by atoms with Crippen molar-refractivity contribution in [3.05, 3.63) is 0 Å². The Hall–Kier alpha value is -1.23. The number of carbonyl (C=O) groups excluding carboxylic acids is 2. The summed E-state index contributed by atoms with van der Waals surface area (Å²) >= 11 is 0. The van der Waals surface area contributed by atoms with E-state index in [0.717, 1.165) is 19.3 Å². The largest absolute Gasteiger partial charge is 0.344 e. The van der Waals surface area contributed by atoms with Crippen molar-refractivity contribution >= 4 is 18.5 Å². The number of unbranched alkanes of at least 4 members (excludes halogenated alkanes) is 2. The van der Waals surface area contributed by atoms with Gasteiger partial charge in [0, 0.05) is 6.42 Å². The molecule has 0 aliphatic heterocycles. The van der Waals surface area contributed by atoms with Crippen LogP contribution >= 0.6 is 0 Å². The molecule has 5 nitrogen and oxygen atoms in total. The predicted octanol–water partition coefficient (Wildman–Crippen LogP) is 1.26. The van der Waals surface area contributed by atoms with Crippen LogP contribution in [0.4, 0.5) is 0 Å². The van der Waals surface area contributed by atoms with Crippen molar-refractivity contribution in [2.24, 2.45) is 16.6 Å². The van der Waals surface area contributed by atoms with Crippen LogP contribution in [0, 0.1) is 5.92 Å². The molecule has 2 amide bonds. The van der Waals surface area contributed by atoms with E-state index in [-0.39, 0.29) is 11.8 Å². The molecule has 0 aliphatic rings. The molecule has 3 N–H and O–H groups in total. The van der Waals surface area contributed by atoms with E-state index in [1.54, 1.807) is 0 Å².